The third kappa shape index (κ3) is 4.33. The van der Waals surface area contributed by atoms with Crippen molar-refractivity contribution in [2.45, 2.75) is 44.4 Å². The highest BCUT2D eigenvalue weighted by molar-refractivity contribution is 6.05. The van der Waals surface area contributed by atoms with Crippen LogP contribution in [0, 0.1) is 0 Å². The molecule has 1 saturated heterocycles. The van der Waals surface area contributed by atoms with Gasteiger partial charge < -0.3 is 19.4 Å². The van der Waals surface area contributed by atoms with E-state index in [9.17, 15) is 4.79 Å². The normalized spacial score (nSPS) is 21.9. The Kier molecular flexibility index (Phi) is 5.92. The first-order chi connectivity index (χ1) is 14.2. The van der Waals surface area contributed by atoms with Crippen LogP contribution in [0.15, 0.2) is 55.0 Å². The molecule has 1 N–H and O–H groups in total. The van der Waals surface area contributed by atoms with Crippen molar-refractivity contribution in [3.63, 3.8) is 0 Å². The fourth-order valence-electron chi connectivity index (χ4n) is 4.17. The van der Waals surface area contributed by atoms with Crippen molar-refractivity contribution in [3.05, 3.63) is 60.6 Å². The third-order valence-corrected chi connectivity index (χ3v) is 5.48. The van der Waals surface area contributed by atoms with Gasteiger partial charge in [-0.3, -0.25) is 4.98 Å². The number of fused-ring (bicyclic) bond motifs is 1. The summed E-state index contributed by atoms with van der Waals surface area (Å²) in [5.41, 5.74) is 2.46. The molecule has 2 aromatic heterocycles. The largest absolute Gasteiger partial charge is 0.459 e. The second kappa shape index (κ2) is 8.76. The van der Waals surface area contributed by atoms with Crippen LogP contribution in [-0.4, -0.2) is 47.4 Å². The van der Waals surface area contributed by atoms with Gasteiger partial charge in [-0.15, -0.1) is 0 Å². The minimum absolute atomic E-state index is 0.0962. The number of methoxy groups -OCH3 is 1. The van der Waals surface area contributed by atoms with Crippen molar-refractivity contribution < 1.29 is 14.3 Å². The van der Waals surface area contributed by atoms with Crippen LogP contribution in [0.2, 0.25) is 0 Å². The number of esters is 1. The van der Waals surface area contributed by atoms with Crippen LogP contribution in [-0.2, 0) is 9.47 Å². The topological polar surface area (TPSA) is 65.4 Å². The van der Waals surface area contributed by atoms with E-state index in [1.165, 1.54) is 0 Å². The second-order valence-electron chi connectivity index (χ2n) is 7.69. The lowest BCUT2D eigenvalue weighted by Gasteiger charge is -2.34. The number of benzene rings is 1. The number of carbonyl (C=O) groups excluding carboxylic acids is 1. The van der Waals surface area contributed by atoms with Gasteiger partial charge in [0.05, 0.1) is 23.0 Å². The summed E-state index contributed by atoms with van der Waals surface area (Å²) >= 11 is 0. The van der Waals surface area contributed by atoms with Crippen molar-refractivity contribution in [1.82, 2.24) is 14.9 Å². The van der Waals surface area contributed by atoms with E-state index in [1.807, 2.05) is 47.2 Å². The van der Waals surface area contributed by atoms with Crippen molar-refractivity contribution >= 4 is 16.9 Å². The molecule has 3 unspecified atom stereocenters. The minimum atomic E-state index is -0.270. The minimum Gasteiger partial charge on any atom is -0.459 e. The Balaban J connectivity index is 1.57. The quantitative estimate of drug-likeness (QED) is 0.647. The number of pyridine rings is 1. The summed E-state index contributed by atoms with van der Waals surface area (Å²) in [7, 11) is 1.71. The molecule has 0 amide bonds. The number of aromatic nitrogens is 2. The second-order valence-corrected chi connectivity index (χ2v) is 7.69. The number of para-hydroxylation sites is 1. The van der Waals surface area contributed by atoms with Gasteiger partial charge >= 0.3 is 5.97 Å². The van der Waals surface area contributed by atoms with Gasteiger partial charge in [-0.2, -0.15) is 0 Å². The summed E-state index contributed by atoms with van der Waals surface area (Å²) < 4.78 is 13.2. The van der Waals surface area contributed by atoms with Crippen LogP contribution in [0.25, 0.3) is 16.6 Å². The molecule has 0 radical (unpaired) electrons. The van der Waals surface area contributed by atoms with Crippen molar-refractivity contribution in [3.8, 4) is 5.69 Å². The molecule has 0 spiro atoms. The van der Waals surface area contributed by atoms with E-state index < -0.39 is 0 Å². The van der Waals surface area contributed by atoms with Gasteiger partial charge in [0, 0.05) is 43.6 Å². The summed E-state index contributed by atoms with van der Waals surface area (Å²) in [6.45, 7) is 2.83. The molecular weight excluding hydrogens is 366 g/mol. The Morgan fingerprint density at radius 2 is 2.10 bits per heavy atom. The van der Waals surface area contributed by atoms with E-state index in [2.05, 4.69) is 17.2 Å². The SMILES string of the molecule is COCCC1CC(OC(=O)c2cn(-c3cccnc3)c3ccccc23)CC(C)N1. The molecule has 3 atom stereocenters. The van der Waals surface area contributed by atoms with Crippen LogP contribution >= 0.6 is 0 Å². The van der Waals surface area contributed by atoms with Gasteiger partial charge in [0.15, 0.2) is 0 Å². The van der Waals surface area contributed by atoms with E-state index in [4.69, 9.17) is 9.47 Å². The van der Waals surface area contributed by atoms with Gasteiger partial charge in [-0.05, 0) is 44.4 Å². The zero-order valence-electron chi connectivity index (χ0n) is 16.9. The predicted octanol–water partition coefficient (Wildman–Crippen LogP) is 3.73. The number of hydrogen-bond donors (Lipinski definition) is 1. The molecule has 1 aliphatic heterocycles. The van der Waals surface area contributed by atoms with Gasteiger partial charge in [-0.1, -0.05) is 18.2 Å². The summed E-state index contributed by atoms with van der Waals surface area (Å²) in [6, 6.07) is 12.4. The first kappa shape index (κ1) is 19.6. The maximum atomic E-state index is 13.1. The van der Waals surface area contributed by atoms with Crippen LogP contribution < -0.4 is 5.32 Å². The first-order valence-corrected chi connectivity index (χ1v) is 10.1. The summed E-state index contributed by atoms with van der Waals surface area (Å²) in [5.74, 6) is -0.270. The Morgan fingerprint density at radius 1 is 1.24 bits per heavy atom. The molecular formula is C23H27N3O3. The highest BCUT2D eigenvalue weighted by atomic mass is 16.5. The Morgan fingerprint density at radius 3 is 2.90 bits per heavy atom. The standard InChI is InChI=1S/C23H27N3O3/c1-16-12-19(13-17(25-16)9-11-28-2)29-23(27)21-15-26(18-6-5-10-24-14-18)22-8-4-3-7-20(21)22/h3-8,10,14-17,19,25H,9,11-13H2,1-2H3. The number of rotatable bonds is 6. The molecule has 29 heavy (non-hydrogen) atoms. The predicted molar refractivity (Wildman–Crippen MR) is 112 cm³/mol. The zero-order valence-corrected chi connectivity index (χ0v) is 16.9. The lowest BCUT2D eigenvalue weighted by molar-refractivity contribution is 0.0119. The molecule has 6 heteroatoms. The number of nitrogens with one attached hydrogen (secondary N) is 1. The molecule has 0 aliphatic carbocycles. The highest BCUT2D eigenvalue weighted by Gasteiger charge is 2.29. The number of carbonyl (C=O) groups is 1. The molecule has 152 valence electrons. The fourth-order valence-corrected chi connectivity index (χ4v) is 4.17. The van der Waals surface area contributed by atoms with Crippen molar-refractivity contribution in [2.75, 3.05) is 13.7 Å². The van der Waals surface area contributed by atoms with Gasteiger partial charge in [0.1, 0.15) is 6.10 Å². The molecule has 1 fully saturated rings. The van der Waals surface area contributed by atoms with Crippen LogP contribution in [0.3, 0.4) is 0 Å². The zero-order chi connectivity index (χ0) is 20.2. The Labute approximate surface area is 170 Å². The molecule has 0 saturated carbocycles. The molecule has 3 heterocycles. The lowest BCUT2D eigenvalue weighted by atomic mass is 9.95. The molecule has 1 aromatic carbocycles. The van der Waals surface area contributed by atoms with Crippen LogP contribution in [0.1, 0.15) is 36.5 Å². The molecule has 0 bridgehead atoms. The highest BCUT2D eigenvalue weighted by Crippen LogP contribution is 2.27. The van der Waals surface area contributed by atoms with Gasteiger partial charge in [-0.25, -0.2) is 4.79 Å². The van der Waals surface area contributed by atoms with Gasteiger partial charge in [0.25, 0.3) is 0 Å². The van der Waals surface area contributed by atoms with E-state index >= 15 is 0 Å². The van der Waals surface area contributed by atoms with Crippen molar-refractivity contribution in [2.24, 2.45) is 0 Å². The maximum absolute atomic E-state index is 13.1. The molecule has 6 nitrogen and oxygen atoms in total. The van der Waals surface area contributed by atoms with Crippen molar-refractivity contribution in [1.29, 1.82) is 0 Å². The lowest BCUT2D eigenvalue weighted by Crippen LogP contribution is -2.47. The average Bonchev–Trinajstić information content (AvgIpc) is 3.12. The average molecular weight is 393 g/mol. The van der Waals surface area contributed by atoms with Gasteiger partial charge in [0.2, 0.25) is 0 Å². The number of piperidine rings is 1. The van der Waals surface area contributed by atoms with Crippen LogP contribution in [0.4, 0.5) is 0 Å². The molecule has 4 rings (SSSR count). The van der Waals surface area contributed by atoms with Crippen LogP contribution in [0.5, 0.6) is 0 Å². The molecule has 1 aliphatic rings. The smallest absolute Gasteiger partial charge is 0.340 e. The summed E-state index contributed by atoms with van der Waals surface area (Å²) in [5, 5.41) is 4.46. The monoisotopic (exact) mass is 393 g/mol. The fraction of sp³-hybridized carbons (Fsp3) is 0.391. The Hall–Kier alpha value is -2.70. The van der Waals surface area contributed by atoms with E-state index in [1.54, 1.807) is 19.5 Å². The number of nitrogens with zero attached hydrogens (tertiary/aromatic N) is 2. The third-order valence-electron chi connectivity index (χ3n) is 5.48. The first-order valence-electron chi connectivity index (χ1n) is 10.1. The Bertz CT molecular complexity index is 970. The number of ether oxygens (including phenoxy) is 2. The number of hydrogen-bond acceptors (Lipinski definition) is 5. The summed E-state index contributed by atoms with van der Waals surface area (Å²) in [4.78, 5) is 17.3. The maximum Gasteiger partial charge on any atom is 0.340 e. The summed E-state index contributed by atoms with van der Waals surface area (Å²) in [6.07, 6.45) is 7.82. The molecule has 3 aromatic rings. The van der Waals surface area contributed by atoms with E-state index in [0.717, 1.165) is 35.9 Å². The van der Waals surface area contributed by atoms with E-state index in [0.29, 0.717) is 24.3 Å². The van der Waals surface area contributed by atoms with E-state index in [-0.39, 0.29) is 12.1 Å².